The lowest BCUT2D eigenvalue weighted by atomic mass is 10.0. The lowest BCUT2D eigenvalue weighted by molar-refractivity contribution is 0.102. The minimum absolute atomic E-state index is 0.100. The molecule has 0 unspecified atom stereocenters. The monoisotopic (exact) mass is 460 g/mol. The molecule has 1 atom stereocenters. The summed E-state index contributed by atoms with van der Waals surface area (Å²) in [6, 6.07) is 9.14. The van der Waals surface area contributed by atoms with Crippen LogP contribution in [0.25, 0.3) is 0 Å². The van der Waals surface area contributed by atoms with Gasteiger partial charge in [-0.3, -0.25) is 9.48 Å². The second-order valence-electron chi connectivity index (χ2n) is 7.59. The quantitative estimate of drug-likeness (QED) is 0.627. The number of sulfonamides is 1. The van der Waals surface area contributed by atoms with Gasteiger partial charge in [-0.2, -0.15) is 9.40 Å². The van der Waals surface area contributed by atoms with Crippen LogP contribution in [0.2, 0.25) is 0 Å². The molecule has 164 valence electrons. The van der Waals surface area contributed by atoms with Crippen LogP contribution < -0.4 is 5.32 Å². The molecule has 3 heterocycles. The third-order valence-corrected chi connectivity index (χ3v) is 8.64. The van der Waals surface area contributed by atoms with Crippen molar-refractivity contribution in [3.8, 4) is 0 Å². The van der Waals surface area contributed by atoms with Crippen molar-refractivity contribution >= 4 is 33.0 Å². The molecule has 0 saturated carbocycles. The zero-order valence-electron chi connectivity index (χ0n) is 17.6. The number of hydrogen-bond donors (Lipinski definition) is 1. The molecule has 1 N–H and O–H groups in total. The Kier molecular flexibility index (Phi) is 5.91. The smallest absolute Gasteiger partial charge is 0.286 e. The van der Waals surface area contributed by atoms with Crippen molar-refractivity contribution in [3.05, 3.63) is 51.7 Å². The molecule has 0 spiro atoms. The number of benzene rings is 1. The largest absolute Gasteiger partial charge is 0.320 e. The summed E-state index contributed by atoms with van der Waals surface area (Å²) < 4.78 is 29.7. The van der Waals surface area contributed by atoms with E-state index in [2.05, 4.69) is 20.6 Å². The van der Waals surface area contributed by atoms with Gasteiger partial charge in [0, 0.05) is 31.7 Å². The Balaban J connectivity index is 1.51. The van der Waals surface area contributed by atoms with E-state index in [0.29, 0.717) is 41.6 Å². The van der Waals surface area contributed by atoms with Gasteiger partial charge in [0.15, 0.2) is 0 Å². The molecule has 3 aromatic rings. The normalized spacial score (nSPS) is 17.6. The maximum atomic E-state index is 13.3. The fourth-order valence-electron chi connectivity index (χ4n) is 3.82. The number of carbonyl (C=O) groups is 1. The number of para-hydroxylation sites is 1. The highest BCUT2D eigenvalue weighted by Crippen LogP contribution is 2.33. The predicted molar refractivity (Wildman–Crippen MR) is 118 cm³/mol. The van der Waals surface area contributed by atoms with Gasteiger partial charge < -0.3 is 5.32 Å². The summed E-state index contributed by atoms with van der Waals surface area (Å²) in [5.74, 6) is -0.423. The van der Waals surface area contributed by atoms with Gasteiger partial charge in [0.25, 0.3) is 5.91 Å². The van der Waals surface area contributed by atoms with Gasteiger partial charge in [0.1, 0.15) is 9.90 Å². The maximum Gasteiger partial charge on any atom is 0.286 e. The number of nitrogens with zero attached hydrogens (tertiary/aromatic N) is 5. The first kappa shape index (κ1) is 21.6. The van der Waals surface area contributed by atoms with E-state index in [-0.39, 0.29) is 21.7 Å². The van der Waals surface area contributed by atoms with Crippen LogP contribution in [-0.4, -0.2) is 51.7 Å². The van der Waals surface area contributed by atoms with E-state index in [0.717, 1.165) is 6.42 Å². The van der Waals surface area contributed by atoms with Crippen molar-refractivity contribution < 1.29 is 13.2 Å². The Morgan fingerprint density at radius 1 is 1.19 bits per heavy atom. The number of nitrogens with one attached hydrogen (secondary N) is 1. The third kappa shape index (κ3) is 4.25. The van der Waals surface area contributed by atoms with E-state index in [4.69, 9.17) is 0 Å². The Labute approximate surface area is 185 Å². The second-order valence-corrected chi connectivity index (χ2v) is 10.5. The van der Waals surface area contributed by atoms with E-state index < -0.39 is 10.0 Å². The van der Waals surface area contributed by atoms with Crippen molar-refractivity contribution in [1.29, 1.82) is 0 Å². The fraction of sp³-hybridized carbons (Fsp3) is 0.400. The highest BCUT2D eigenvalue weighted by molar-refractivity contribution is 7.89. The molecule has 1 saturated heterocycles. The van der Waals surface area contributed by atoms with Gasteiger partial charge >= 0.3 is 0 Å². The summed E-state index contributed by atoms with van der Waals surface area (Å²) in [5, 5.41) is 16.2. The average molecular weight is 461 g/mol. The number of amides is 1. The van der Waals surface area contributed by atoms with Crippen molar-refractivity contribution in [3.63, 3.8) is 0 Å². The summed E-state index contributed by atoms with van der Waals surface area (Å²) >= 11 is 1.21. The lowest BCUT2D eigenvalue weighted by Crippen LogP contribution is -2.39. The topological polar surface area (TPSA) is 110 Å². The van der Waals surface area contributed by atoms with E-state index in [1.807, 2.05) is 18.2 Å². The summed E-state index contributed by atoms with van der Waals surface area (Å²) in [5.41, 5.74) is 1.80. The Morgan fingerprint density at radius 2 is 1.94 bits per heavy atom. The zero-order valence-corrected chi connectivity index (χ0v) is 19.2. The molecule has 4 rings (SSSR count). The van der Waals surface area contributed by atoms with Gasteiger partial charge in [-0.05, 0) is 38.8 Å². The molecular weight excluding hydrogens is 436 g/mol. The van der Waals surface area contributed by atoms with E-state index in [1.165, 1.54) is 15.6 Å². The Bertz CT molecular complexity index is 1200. The first-order valence-corrected chi connectivity index (χ1v) is 12.2. The SMILES string of the molecule is Cc1nn(C)c(C)c1S(=O)(=O)N1CCC[C@H](c2nnc(C(=O)Nc3ccccc3)s2)C1. The van der Waals surface area contributed by atoms with Gasteiger partial charge in [-0.15, -0.1) is 10.2 Å². The number of aryl methyl sites for hydroxylation is 2. The molecule has 11 heteroatoms. The van der Waals surface area contributed by atoms with Gasteiger partial charge in [-0.25, -0.2) is 8.42 Å². The minimum atomic E-state index is -3.67. The number of piperidine rings is 1. The van der Waals surface area contributed by atoms with Crippen molar-refractivity contribution in [2.75, 3.05) is 18.4 Å². The van der Waals surface area contributed by atoms with E-state index >= 15 is 0 Å². The molecule has 0 radical (unpaired) electrons. The summed E-state index contributed by atoms with van der Waals surface area (Å²) in [7, 11) is -1.93. The minimum Gasteiger partial charge on any atom is -0.320 e. The molecule has 9 nitrogen and oxygen atoms in total. The molecule has 31 heavy (non-hydrogen) atoms. The van der Waals surface area contributed by atoms with Crippen molar-refractivity contribution in [1.82, 2.24) is 24.3 Å². The molecule has 1 aromatic carbocycles. The number of carbonyl (C=O) groups excluding carboxylic acids is 1. The Morgan fingerprint density at radius 3 is 2.61 bits per heavy atom. The van der Waals surface area contributed by atoms with Crippen LogP contribution in [0.3, 0.4) is 0 Å². The molecule has 0 bridgehead atoms. The highest BCUT2D eigenvalue weighted by atomic mass is 32.2. The standard InChI is InChI=1S/C20H24N6O3S2/c1-13-17(14(2)25(3)24-13)31(28,29)26-11-7-8-15(12-26)19-22-23-20(30-19)18(27)21-16-9-5-4-6-10-16/h4-6,9-10,15H,7-8,11-12H2,1-3H3,(H,21,27)/t15-/m0/s1. The third-order valence-electron chi connectivity index (χ3n) is 5.44. The zero-order chi connectivity index (χ0) is 22.2. The fourth-order valence-corrected chi connectivity index (χ4v) is 6.60. The van der Waals surface area contributed by atoms with E-state index in [9.17, 15) is 13.2 Å². The number of anilines is 1. The molecule has 1 aliphatic heterocycles. The molecule has 1 amide bonds. The van der Waals surface area contributed by atoms with Gasteiger partial charge in [0.05, 0.1) is 11.4 Å². The first-order valence-electron chi connectivity index (χ1n) is 9.97. The van der Waals surface area contributed by atoms with Crippen LogP contribution in [0.5, 0.6) is 0 Å². The van der Waals surface area contributed by atoms with E-state index in [1.54, 1.807) is 37.7 Å². The van der Waals surface area contributed by atoms with Gasteiger partial charge in [-0.1, -0.05) is 29.5 Å². The number of hydrogen-bond acceptors (Lipinski definition) is 7. The molecule has 0 aliphatic carbocycles. The van der Waals surface area contributed by atoms with Crippen LogP contribution in [0.1, 0.15) is 45.0 Å². The summed E-state index contributed by atoms with van der Waals surface area (Å²) in [6.45, 7) is 4.23. The lowest BCUT2D eigenvalue weighted by Gasteiger charge is -2.30. The van der Waals surface area contributed by atoms with Crippen LogP contribution >= 0.6 is 11.3 Å². The van der Waals surface area contributed by atoms with Crippen molar-refractivity contribution in [2.24, 2.45) is 7.05 Å². The predicted octanol–water partition coefficient (Wildman–Crippen LogP) is 2.71. The van der Waals surface area contributed by atoms with Crippen LogP contribution in [0.4, 0.5) is 5.69 Å². The molecule has 1 aliphatic rings. The molecule has 2 aromatic heterocycles. The van der Waals surface area contributed by atoms with Crippen LogP contribution in [-0.2, 0) is 17.1 Å². The number of aromatic nitrogens is 4. The second kappa shape index (κ2) is 8.48. The Hall–Kier alpha value is -2.63. The van der Waals surface area contributed by atoms with Crippen molar-refractivity contribution in [2.45, 2.75) is 37.5 Å². The first-order chi connectivity index (χ1) is 14.8. The summed E-state index contributed by atoms with van der Waals surface area (Å²) in [4.78, 5) is 12.8. The maximum absolute atomic E-state index is 13.3. The van der Waals surface area contributed by atoms with Crippen LogP contribution in [0, 0.1) is 13.8 Å². The number of rotatable bonds is 5. The molecular formula is C20H24N6O3S2. The average Bonchev–Trinajstić information content (AvgIpc) is 3.34. The van der Waals surface area contributed by atoms with Crippen LogP contribution in [0.15, 0.2) is 35.2 Å². The summed E-state index contributed by atoms with van der Waals surface area (Å²) in [6.07, 6.45) is 1.51. The highest BCUT2D eigenvalue weighted by Gasteiger charge is 2.35. The van der Waals surface area contributed by atoms with Gasteiger partial charge in [0.2, 0.25) is 15.0 Å². The molecule has 1 fully saturated rings.